The number of nitrogens with zero attached hydrogens (tertiary/aromatic N) is 3. The largest absolute Gasteiger partial charge is 0.530 e. The summed E-state index contributed by atoms with van der Waals surface area (Å²) in [7, 11) is -1.80. The molecule has 0 saturated carbocycles. The summed E-state index contributed by atoms with van der Waals surface area (Å²) in [5, 5.41) is 0.773. The van der Waals surface area contributed by atoms with Crippen LogP contribution in [0.1, 0.15) is 41.7 Å². The standard InChI is InChI=1S/C19H23N3.C12H14Cl3O4P/c1-14-6-8-18(16(3)10-14)20-12-22(5)13-21-19-9-7-15(2)11-17(19)4;1-3-17-20(16,18-4-2)19-12(8-13)10-6-5-9(14)7-11(10)15/h6-13H,1-5H3;5-8H,3-4H2,1-2H3/b20-12+,21-13+;12-8-. The summed E-state index contributed by atoms with van der Waals surface area (Å²) in [5.41, 5.74) is 8.37. The molecule has 0 saturated heterocycles. The second-order valence-electron chi connectivity index (χ2n) is 9.21. The first-order valence-corrected chi connectivity index (χ1v) is 15.9. The third kappa shape index (κ3) is 11.6. The molecule has 0 unspecified atom stereocenters. The van der Waals surface area contributed by atoms with Gasteiger partial charge < -0.3 is 9.42 Å². The van der Waals surface area contributed by atoms with Crippen LogP contribution >= 0.6 is 42.6 Å². The molecule has 0 atom stereocenters. The molecule has 3 rings (SSSR count). The van der Waals surface area contributed by atoms with Gasteiger partial charge in [0.1, 0.15) is 0 Å². The SMILES string of the molecule is CCOP(=O)(OCC)O/C(=C\Cl)c1ccc(Cl)cc1Cl.Cc1ccc(/N=C/N(C)/C=N/c2ccc(C)cc2C)c(C)c1. The number of rotatable bonds is 11. The van der Waals surface area contributed by atoms with Gasteiger partial charge >= 0.3 is 7.82 Å². The Hall–Kier alpha value is -2.64. The molecule has 0 radical (unpaired) electrons. The van der Waals surface area contributed by atoms with Gasteiger partial charge in [0.25, 0.3) is 0 Å². The highest BCUT2D eigenvalue weighted by Crippen LogP contribution is 2.53. The number of hydrogen-bond donors (Lipinski definition) is 0. The maximum absolute atomic E-state index is 12.3. The van der Waals surface area contributed by atoms with Gasteiger partial charge in [0, 0.05) is 23.2 Å². The second kappa shape index (κ2) is 17.5. The van der Waals surface area contributed by atoms with E-state index in [9.17, 15) is 4.57 Å². The monoisotopic (exact) mass is 651 g/mol. The molecule has 7 nitrogen and oxygen atoms in total. The van der Waals surface area contributed by atoms with E-state index >= 15 is 0 Å². The molecule has 0 aliphatic heterocycles. The van der Waals surface area contributed by atoms with E-state index in [1.807, 2.05) is 24.1 Å². The number of benzene rings is 3. The van der Waals surface area contributed by atoms with E-state index in [-0.39, 0.29) is 19.0 Å². The van der Waals surface area contributed by atoms with Crippen molar-refractivity contribution in [1.82, 2.24) is 4.90 Å². The Kier molecular flexibility index (Phi) is 14.8. The molecule has 42 heavy (non-hydrogen) atoms. The lowest BCUT2D eigenvalue weighted by atomic mass is 10.1. The van der Waals surface area contributed by atoms with Crippen molar-refractivity contribution in [3.8, 4) is 0 Å². The fraction of sp³-hybridized carbons (Fsp3) is 0.290. The molecule has 0 fully saturated rings. The molecule has 0 aliphatic rings. The Morgan fingerprint density at radius 2 is 1.33 bits per heavy atom. The topological polar surface area (TPSA) is 72.7 Å². The molecule has 0 bridgehead atoms. The van der Waals surface area contributed by atoms with E-state index < -0.39 is 7.82 Å². The second-order valence-corrected chi connectivity index (χ2v) is 11.9. The first kappa shape index (κ1) is 35.6. The van der Waals surface area contributed by atoms with E-state index in [2.05, 4.69) is 61.9 Å². The minimum absolute atomic E-state index is 0.0820. The van der Waals surface area contributed by atoms with Crippen molar-refractivity contribution in [2.45, 2.75) is 41.5 Å². The van der Waals surface area contributed by atoms with E-state index in [0.717, 1.165) is 16.9 Å². The van der Waals surface area contributed by atoms with Crippen LogP contribution in [-0.2, 0) is 18.1 Å². The molecule has 0 amide bonds. The minimum Gasteiger partial charge on any atom is -0.402 e. The zero-order valence-electron chi connectivity index (χ0n) is 24.9. The Labute approximate surface area is 264 Å². The summed E-state index contributed by atoms with van der Waals surface area (Å²) in [6, 6.07) is 17.2. The van der Waals surface area contributed by atoms with Crippen molar-refractivity contribution in [1.29, 1.82) is 0 Å². The van der Waals surface area contributed by atoms with Crippen LogP contribution in [0.25, 0.3) is 5.76 Å². The van der Waals surface area contributed by atoms with Crippen LogP contribution in [0.4, 0.5) is 11.4 Å². The first-order chi connectivity index (χ1) is 19.9. The van der Waals surface area contributed by atoms with Crippen LogP contribution in [0.5, 0.6) is 0 Å². The number of aliphatic imine (C=N–C) groups is 2. The number of halogens is 3. The zero-order valence-corrected chi connectivity index (χ0v) is 28.1. The molecular weight excluding hydrogens is 616 g/mol. The normalized spacial score (nSPS) is 12.0. The molecule has 3 aromatic carbocycles. The van der Waals surface area contributed by atoms with Crippen molar-refractivity contribution in [3.05, 3.63) is 98.0 Å². The molecule has 0 N–H and O–H groups in total. The first-order valence-electron chi connectivity index (χ1n) is 13.2. The van der Waals surface area contributed by atoms with Gasteiger partial charge in [0.15, 0.2) is 5.76 Å². The van der Waals surface area contributed by atoms with E-state index in [4.69, 9.17) is 48.4 Å². The molecule has 0 aliphatic carbocycles. The van der Waals surface area contributed by atoms with Gasteiger partial charge in [0.2, 0.25) is 0 Å². The summed E-state index contributed by atoms with van der Waals surface area (Å²) < 4.78 is 27.6. The Morgan fingerprint density at radius 3 is 1.74 bits per heavy atom. The molecule has 226 valence electrons. The Balaban J connectivity index is 0.000000295. The molecule has 0 heterocycles. The highest BCUT2D eigenvalue weighted by atomic mass is 35.5. The van der Waals surface area contributed by atoms with Crippen LogP contribution in [0.2, 0.25) is 10.0 Å². The highest BCUT2D eigenvalue weighted by molar-refractivity contribution is 7.48. The van der Waals surface area contributed by atoms with E-state index in [1.165, 1.54) is 28.3 Å². The summed E-state index contributed by atoms with van der Waals surface area (Å²) in [4.78, 5) is 10.9. The van der Waals surface area contributed by atoms with Crippen molar-refractivity contribution in [2.24, 2.45) is 9.98 Å². The quantitative estimate of drug-likeness (QED) is 0.0892. The number of phosphoric acid groups is 1. The van der Waals surface area contributed by atoms with E-state index in [1.54, 1.807) is 38.7 Å². The lowest BCUT2D eigenvalue weighted by molar-refractivity contribution is 0.159. The third-order valence-electron chi connectivity index (χ3n) is 5.54. The average molecular weight is 653 g/mol. The van der Waals surface area contributed by atoms with Gasteiger partial charge in [-0.15, -0.1) is 0 Å². The van der Waals surface area contributed by atoms with Gasteiger partial charge in [0.05, 0.1) is 42.3 Å². The van der Waals surface area contributed by atoms with Crippen LogP contribution in [0.3, 0.4) is 0 Å². The molecule has 0 aromatic heterocycles. The maximum atomic E-state index is 12.3. The Bertz CT molecular complexity index is 1410. The van der Waals surface area contributed by atoms with Crippen molar-refractivity contribution < 1.29 is 18.1 Å². The van der Waals surface area contributed by atoms with Gasteiger partial charge in [-0.2, -0.15) is 0 Å². The fourth-order valence-electron chi connectivity index (χ4n) is 3.58. The van der Waals surface area contributed by atoms with Gasteiger partial charge in [-0.05, 0) is 83.0 Å². The number of aryl methyl sites for hydroxylation is 4. The smallest absolute Gasteiger partial charge is 0.402 e. The third-order valence-corrected chi connectivity index (χ3v) is 7.86. The van der Waals surface area contributed by atoms with E-state index in [0.29, 0.717) is 15.6 Å². The van der Waals surface area contributed by atoms with Crippen LogP contribution in [0, 0.1) is 27.7 Å². The highest BCUT2D eigenvalue weighted by Gasteiger charge is 2.29. The zero-order chi connectivity index (χ0) is 31.3. The average Bonchev–Trinajstić information content (AvgIpc) is 2.92. The van der Waals surface area contributed by atoms with Crippen molar-refractivity contribution in [3.63, 3.8) is 0 Å². The maximum Gasteiger partial charge on any atom is 0.530 e. The summed E-state index contributed by atoms with van der Waals surface area (Å²) in [6.45, 7) is 12.0. The van der Waals surface area contributed by atoms with Crippen LogP contribution < -0.4 is 0 Å². The molecular formula is C31H37Cl3N3O4P. The molecule has 0 spiro atoms. The summed E-state index contributed by atoms with van der Waals surface area (Å²) >= 11 is 17.6. The van der Waals surface area contributed by atoms with Crippen molar-refractivity contribution in [2.75, 3.05) is 20.3 Å². The summed E-state index contributed by atoms with van der Waals surface area (Å²) in [5.74, 6) is 0.0820. The lowest BCUT2D eigenvalue weighted by Crippen LogP contribution is -2.12. The van der Waals surface area contributed by atoms with Gasteiger partial charge in [-0.3, -0.25) is 9.05 Å². The molecule has 3 aromatic rings. The predicted octanol–water partition coefficient (Wildman–Crippen LogP) is 10.6. The minimum atomic E-state index is -3.73. The Morgan fingerprint density at radius 1 is 0.833 bits per heavy atom. The number of hydrogen-bond acceptors (Lipinski definition) is 6. The molecule has 11 heteroatoms. The lowest BCUT2D eigenvalue weighted by Gasteiger charge is -2.19. The van der Waals surface area contributed by atoms with Crippen LogP contribution in [-0.4, -0.2) is 37.8 Å². The summed E-state index contributed by atoms with van der Waals surface area (Å²) in [6.07, 6.45) is 3.56. The fourth-order valence-corrected chi connectivity index (χ4v) is 5.51. The number of phosphoric ester groups is 1. The van der Waals surface area contributed by atoms with Gasteiger partial charge in [-0.25, -0.2) is 14.5 Å². The van der Waals surface area contributed by atoms with Crippen LogP contribution in [0.15, 0.2) is 70.1 Å². The van der Waals surface area contributed by atoms with Gasteiger partial charge in [-0.1, -0.05) is 70.2 Å². The van der Waals surface area contributed by atoms with Crippen molar-refractivity contribution >= 4 is 72.4 Å². The predicted molar refractivity (Wildman–Crippen MR) is 178 cm³/mol.